The Labute approximate surface area is 118 Å². The van der Waals surface area contributed by atoms with Crippen LogP contribution in [-0.4, -0.2) is 5.11 Å². The number of aliphatic hydroxyl groups excluding tert-OH is 1. The van der Waals surface area contributed by atoms with Crippen molar-refractivity contribution in [1.29, 1.82) is 0 Å². The Morgan fingerprint density at radius 1 is 1.05 bits per heavy atom. The summed E-state index contributed by atoms with van der Waals surface area (Å²) in [4.78, 5) is 0. The Hall–Kier alpha value is -2.06. The number of hydrogen-bond acceptors (Lipinski definition) is 2. The first kappa shape index (κ1) is 12.9. The minimum Gasteiger partial charge on any atom is -0.464 e. The molecule has 0 saturated carbocycles. The molecular formula is C18H18O2. The summed E-state index contributed by atoms with van der Waals surface area (Å²) in [5, 5.41) is 11.5. The maximum absolute atomic E-state index is 10.5. The zero-order valence-corrected chi connectivity index (χ0v) is 11.8. The van der Waals surface area contributed by atoms with Crippen molar-refractivity contribution in [2.45, 2.75) is 26.4 Å². The first-order valence-electron chi connectivity index (χ1n) is 6.85. The fourth-order valence-electron chi connectivity index (χ4n) is 2.78. The average molecular weight is 266 g/mol. The van der Waals surface area contributed by atoms with Crippen LogP contribution in [-0.2, 0) is 6.42 Å². The minimum absolute atomic E-state index is 0.542. The highest BCUT2D eigenvalue weighted by molar-refractivity contribution is 5.81. The Bertz CT molecular complexity index is 720. The summed E-state index contributed by atoms with van der Waals surface area (Å²) >= 11 is 0. The van der Waals surface area contributed by atoms with Crippen molar-refractivity contribution in [3.05, 3.63) is 71.0 Å². The number of aryl methyl sites for hydroxylation is 2. The highest BCUT2D eigenvalue weighted by atomic mass is 16.3. The number of fused-ring (bicyclic) bond motifs is 1. The van der Waals surface area contributed by atoms with Crippen LogP contribution in [0.5, 0.6) is 0 Å². The highest BCUT2D eigenvalue weighted by Crippen LogP contribution is 2.28. The predicted octanol–water partition coefficient (Wildman–Crippen LogP) is 4.33. The van der Waals surface area contributed by atoms with Gasteiger partial charge in [0, 0.05) is 17.4 Å². The topological polar surface area (TPSA) is 33.4 Å². The molecule has 1 unspecified atom stereocenters. The fourth-order valence-corrected chi connectivity index (χ4v) is 2.78. The third-order valence-corrected chi connectivity index (χ3v) is 3.58. The maximum Gasteiger partial charge on any atom is 0.134 e. The normalized spacial score (nSPS) is 12.8. The summed E-state index contributed by atoms with van der Waals surface area (Å²) in [6.07, 6.45) is 1.73. The van der Waals surface area contributed by atoms with Gasteiger partial charge in [0.2, 0.25) is 0 Å². The van der Waals surface area contributed by atoms with Crippen LogP contribution >= 0.6 is 0 Å². The van der Waals surface area contributed by atoms with Gasteiger partial charge in [-0.1, -0.05) is 47.5 Å². The highest BCUT2D eigenvalue weighted by Gasteiger charge is 2.15. The van der Waals surface area contributed by atoms with Crippen molar-refractivity contribution >= 4 is 11.0 Å². The summed E-state index contributed by atoms with van der Waals surface area (Å²) in [5.41, 5.74) is 5.29. The van der Waals surface area contributed by atoms with Crippen LogP contribution in [0.1, 0.15) is 28.4 Å². The molecule has 1 aromatic heterocycles. The summed E-state index contributed by atoms with van der Waals surface area (Å²) in [6.45, 7) is 4.16. The van der Waals surface area contributed by atoms with E-state index in [2.05, 4.69) is 32.0 Å². The van der Waals surface area contributed by atoms with Crippen LogP contribution in [0.15, 0.2) is 53.1 Å². The van der Waals surface area contributed by atoms with E-state index < -0.39 is 6.10 Å². The van der Waals surface area contributed by atoms with Gasteiger partial charge in [-0.15, -0.1) is 0 Å². The van der Waals surface area contributed by atoms with E-state index in [-0.39, 0.29) is 0 Å². The van der Waals surface area contributed by atoms with Gasteiger partial charge in [0.25, 0.3) is 0 Å². The largest absolute Gasteiger partial charge is 0.464 e. The Morgan fingerprint density at radius 2 is 1.75 bits per heavy atom. The van der Waals surface area contributed by atoms with E-state index in [1.165, 1.54) is 11.1 Å². The molecule has 20 heavy (non-hydrogen) atoms. The number of furan rings is 1. The van der Waals surface area contributed by atoms with Gasteiger partial charge in [-0.05, 0) is 25.5 Å². The van der Waals surface area contributed by atoms with E-state index in [0.29, 0.717) is 6.42 Å². The van der Waals surface area contributed by atoms with E-state index in [9.17, 15) is 5.11 Å². The molecule has 0 fully saturated rings. The second-order valence-corrected chi connectivity index (χ2v) is 5.40. The molecule has 0 aliphatic rings. The molecule has 1 atom stereocenters. The molecular weight excluding hydrogens is 248 g/mol. The van der Waals surface area contributed by atoms with Gasteiger partial charge >= 0.3 is 0 Å². The molecule has 2 aromatic carbocycles. The molecule has 2 heteroatoms. The Kier molecular flexibility index (Phi) is 3.33. The molecule has 102 valence electrons. The van der Waals surface area contributed by atoms with Gasteiger partial charge in [0.15, 0.2) is 0 Å². The summed E-state index contributed by atoms with van der Waals surface area (Å²) in [6, 6.07) is 14.2. The standard InChI is InChI=1S/C18H18O2/c1-12-7-13(2)9-14(8-12)10-17(19)16-11-20-18-6-4-3-5-15(16)18/h3-9,11,17,19H,10H2,1-2H3. The minimum atomic E-state index is -0.542. The SMILES string of the molecule is Cc1cc(C)cc(CC(O)c2coc3ccccc23)c1. The van der Waals surface area contributed by atoms with Crippen molar-refractivity contribution in [3.63, 3.8) is 0 Å². The lowest BCUT2D eigenvalue weighted by Gasteiger charge is -2.11. The monoisotopic (exact) mass is 266 g/mol. The molecule has 0 aliphatic heterocycles. The lowest BCUT2D eigenvalue weighted by Crippen LogP contribution is -2.01. The summed E-state index contributed by atoms with van der Waals surface area (Å²) < 4.78 is 5.50. The van der Waals surface area contributed by atoms with Gasteiger partial charge < -0.3 is 9.52 Å². The lowest BCUT2D eigenvalue weighted by atomic mass is 9.98. The van der Waals surface area contributed by atoms with Gasteiger partial charge in [0.1, 0.15) is 5.58 Å². The van der Waals surface area contributed by atoms with E-state index in [1.807, 2.05) is 24.3 Å². The Balaban J connectivity index is 1.91. The molecule has 0 spiro atoms. The fraction of sp³-hybridized carbons (Fsp3) is 0.222. The molecule has 0 radical (unpaired) electrons. The molecule has 3 aromatic rings. The van der Waals surface area contributed by atoms with Crippen molar-refractivity contribution in [2.24, 2.45) is 0 Å². The molecule has 1 heterocycles. The molecule has 0 saturated heterocycles. The molecule has 0 amide bonds. The first-order valence-corrected chi connectivity index (χ1v) is 6.85. The number of rotatable bonds is 3. The quantitative estimate of drug-likeness (QED) is 0.765. The molecule has 2 nitrogen and oxygen atoms in total. The van der Waals surface area contributed by atoms with E-state index >= 15 is 0 Å². The number of hydrogen-bond donors (Lipinski definition) is 1. The van der Waals surface area contributed by atoms with Gasteiger partial charge in [0.05, 0.1) is 12.4 Å². The van der Waals surface area contributed by atoms with Crippen molar-refractivity contribution < 1.29 is 9.52 Å². The van der Waals surface area contributed by atoms with Crippen LogP contribution in [0.25, 0.3) is 11.0 Å². The maximum atomic E-state index is 10.5. The zero-order chi connectivity index (χ0) is 14.1. The third kappa shape index (κ3) is 2.47. The van der Waals surface area contributed by atoms with Crippen molar-refractivity contribution in [2.75, 3.05) is 0 Å². The van der Waals surface area contributed by atoms with E-state index in [1.54, 1.807) is 6.26 Å². The number of aliphatic hydroxyl groups is 1. The average Bonchev–Trinajstić information content (AvgIpc) is 2.81. The Morgan fingerprint density at radius 3 is 2.50 bits per heavy atom. The molecule has 1 N–H and O–H groups in total. The van der Waals surface area contributed by atoms with Crippen LogP contribution in [0.2, 0.25) is 0 Å². The molecule has 0 bridgehead atoms. The molecule has 3 rings (SSSR count). The first-order chi connectivity index (χ1) is 9.63. The predicted molar refractivity (Wildman–Crippen MR) is 80.8 cm³/mol. The van der Waals surface area contributed by atoms with Gasteiger partial charge in [-0.25, -0.2) is 0 Å². The number of benzene rings is 2. The van der Waals surface area contributed by atoms with Gasteiger partial charge in [-0.2, -0.15) is 0 Å². The van der Waals surface area contributed by atoms with Gasteiger partial charge in [-0.3, -0.25) is 0 Å². The van der Waals surface area contributed by atoms with Crippen LogP contribution < -0.4 is 0 Å². The second kappa shape index (κ2) is 5.14. The van der Waals surface area contributed by atoms with Crippen molar-refractivity contribution in [3.8, 4) is 0 Å². The lowest BCUT2D eigenvalue weighted by molar-refractivity contribution is 0.179. The summed E-state index contributed by atoms with van der Waals surface area (Å²) in [5.74, 6) is 0. The smallest absolute Gasteiger partial charge is 0.134 e. The van der Waals surface area contributed by atoms with Crippen LogP contribution in [0, 0.1) is 13.8 Å². The van der Waals surface area contributed by atoms with E-state index in [4.69, 9.17) is 4.42 Å². The third-order valence-electron chi connectivity index (χ3n) is 3.58. The van der Waals surface area contributed by atoms with Crippen LogP contribution in [0.4, 0.5) is 0 Å². The summed E-state index contributed by atoms with van der Waals surface area (Å²) in [7, 11) is 0. The molecule has 0 aliphatic carbocycles. The van der Waals surface area contributed by atoms with Crippen molar-refractivity contribution in [1.82, 2.24) is 0 Å². The number of para-hydroxylation sites is 1. The van der Waals surface area contributed by atoms with E-state index in [0.717, 1.165) is 22.1 Å². The van der Waals surface area contributed by atoms with Crippen LogP contribution in [0.3, 0.4) is 0 Å². The zero-order valence-electron chi connectivity index (χ0n) is 11.8. The second-order valence-electron chi connectivity index (χ2n) is 5.40.